The van der Waals surface area contributed by atoms with Crippen LogP contribution in [0.1, 0.15) is 49.4 Å². The minimum Gasteiger partial charge on any atom is -0.396 e. The van der Waals surface area contributed by atoms with Gasteiger partial charge in [0.25, 0.3) is 0 Å². The standard InChI is InChI=1S/C17H25NO2/c1-2-16(17(20)14-8-4-3-5-9-14)18(12-7-13-19)15-10-6-11-15/h3-5,8-9,15-16,19H,2,6-7,10-13H2,1H3. The number of aliphatic hydroxyl groups excluding tert-OH is 1. The van der Waals surface area contributed by atoms with Gasteiger partial charge in [-0.3, -0.25) is 9.69 Å². The van der Waals surface area contributed by atoms with Gasteiger partial charge in [0.05, 0.1) is 6.04 Å². The van der Waals surface area contributed by atoms with Gasteiger partial charge in [-0.15, -0.1) is 0 Å². The quantitative estimate of drug-likeness (QED) is 0.742. The molecule has 0 aromatic heterocycles. The summed E-state index contributed by atoms with van der Waals surface area (Å²) in [5.41, 5.74) is 0.799. The van der Waals surface area contributed by atoms with E-state index in [0.717, 1.165) is 24.9 Å². The monoisotopic (exact) mass is 275 g/mol. The molecule has 0 spiro atoms. The van der Waals surface area contributed by atoms with Crippen molar-refractivity contribution >= 4 is 5.78 Å². The lowest BCUT2D eigenvalue weighted by Gasteiger charge is -2.41. The number of hydrogen-bond acceptors (Lipinski definition) is 3. The second-order valence-corrected chi connectivity index (χ2v) is 5.55. The van der Waals surface area contributed by atoms with Crippen LogP contribution in [-0.2, 0) is 0 Å². The third kappa shape index (κ3) is 3.47. The van der Waals surface area contributed by atoms with Gasteiger partial charge in [-0.25, -0.2) is 0 Å². The average Bonchev–Trinajstić information content (AvgIpc) is 2.44. The Hall–Kier alpha value is -1.19. The molecular formula is C17H25NO2. The van der Waals surface area contributed by atoms with Gasteiger partial charge in [0, 0.05) is 24.8 Å². The van der Waals surface area contributed by atoms with Crippen LogP contribution in [-0.4, -0.2) is 41.0 Å². The van der Waals surface area contributed by atoms with E-state index in [4.69, 9.17) is 5.11 Å². The largest absolute Gasteiger partial charge is 0.396 e. The number of carbonyl (C=O) groups excluding carboxylic acids is 1. The summed E-state index contributed by atoms with van der Waals surface area (Å²) in [6, 6.07) is 10.1. The fourth-order valence-corrected chi connectivity index (χ4v) is 2.93. The van der Waals surface area contributed by atoms with Crippen molar-refractivity contribution in [1.29, 1.82) is 0 Å². The molecule has 1 atom stereocenters. The lowest BCUT2D eigenvalue weighted by Crippen LogP contribution is -2.50. The summed E-state index contributed by atoms with van der Waals surface area (Å²) in [7, 11) is 0. The maximum atomic E-state index is 12.7. The molecule has 1 fully saturated rings. The molecule has 0 amide bonds. The minimum absolute atomic E-state index is 0.0470. The van der Waals surface area contributed by atoms with Crippen molar-refractivity contribution in [2.45, 2.75) is 51.1 Å². The van der Waals surface area contributed by atoms with E-state index in [9.17, 15) is 4.79 Å². The highest BCUT2D eigenvalue weighted by atomic mass is 16.3. The van der Waals surface area contributed by atoms with E-state index in [-0.39, 0.29) is 18.4 Å². The van der Waals surface area contributed by atoms with Gasteiger partial charge in [-0.1, -0.05) is 43.7 Å². The molecule has 0 bridgehead atoms. The van der Waals surface area contributed by atoms with Crippen molar-refractivity contribution in [3.8, 4) is 0 Å². The Labute approximate surface area is 121 Å². The first-order valence-corrected chi connectivity index (χ1v) is 7.73. The number of rotatable bonds is 8. The average molecular weight is 275 g/mol. The molecule has 0 aliphatic heterocycles. The van der Waals surface area contributed by atoms with Crippen molar-refractivity contribution in [3.63, 3.8) is 0 Å². The molecule has 1 unspecified atom stereocenters. The molecule has 1 aromatic carbocycles. The summed E-state index contributed by atoms with van der Waals surface area (Å²) in [4.78, 5) is 15.0. The Morgan fingerprint density at radius 2 is 2.05 bits per heavy atom. The zero-order chi connectivity index (χ0) is 14.4. The molecular weight excluding hydrogens is 250 g/mol. The number of carbonyl (C=O) groups is 1. The highest BCUT2D eigenvalue weighted by Crippen LogP contribution is 2.28. The first kappa shape index (κ1) is 15.2. The number of hydrogen-bond donors (Lipinski definition) is 1. The Kier molecular flexibility index (Phi) is 5.74. The molecule has 1 saturated carbocycles. The van der Waals surface area contributed by atoms with Crippen molar-refractivity contribution in [2.24, 2.45) is 0 Å². The van der Waals surface area contributed by atoms with Crippen LogP contribution in [0, 0.1) is 0 Å². The zero-order valence-corrected chi connectivity index (χ0v) is 12.3. The van der Waals surface area contributed by atoms with Crippen molar-refractivity contribution < 1.29 is 9.90 Å². The number of Topliss-reactive ketones (excluding diaryl/α,β-unsaturated/α-hetero) is 1. The third-order valence-corrected chi connectivity index (χ3v) is 4.27. The molecule has 1 aromatic rings. The Morgan fingerprint density at radius 3 is 2.55 bits per heavy atom. The van der Waals surface area contributed by atoms with Crippen LogP contribution >= 0.6 is 0 Å². The third-order valence-electron chi connectivity index (χ3n) is 4.27. The van der Waals surface area contributed by atoms with Gasteiger partial charge >= 0.3 is 0 Å². The van der Waals surface area contributed by atoms with Crippen molar-refractivity contribution in [3.05, 3.63) is 35.9 Å². The van der Waals surface area contributed by atoms with E-state index < -0.39 is 0 Å². The van der Waals surface area contributed by atoms with E-state index >= 15 is 0 Å². The Balaban J connectivity index is 2.12. The first-order valence-electron chi connectivity index (χ1n) is 7.73. The summed E-state index contributed by atoms with van der Waals surface area (Å²) in [5, 5.41) is 9.09. The topological polar surface area (TPSA) is 40.5 Å². The fourth-order valence-electron chi connectivity index (χ4n) is 2.93. The normalized spacial score (nSPS) is 16.9. The summed E-state index contributed by atoms with van der Waals surface area (Å²) in [5.74, 6) is 0.220. The number of nitrogens with zero attached hydrogens (tertiary/aromatic N) is 1. The predicted molar refractivity (Wildman–Crippen MR) is 80.9 cm³/mol. The molecule has 1 aliphatic rings. The second-order valence-electron chi connectivity index (χ2n) is 5.55. The van der Waals surface area contributed by atoms with Crippen molar-refractivity contribution in [2.75, 3.05) is 13.2 Å². The van der Waals surface area contributed by atoms with Gasteiger partial charge in [0.1, 0.15) is 0 Å². The molecule has 2 rings (SSSR count). The van der Waals surface area contributed by atoms with Gasteiger partial charge in [-0.2, -0.15) is 0 Å². The molecule has 20 heavy (non-hydrogen) atoms. The van der Waals surface area contributed by atoms with Crippen LogP contribution in [0.5, 0.6) is 0 Å². The lowest BCUT2D eigenvalue weighted by atomic mass is 9.88. The van der Waals surface area contributed by atoms with Gasteiger partial charge in [0.15, 0.2) is 5.78 Å². The molecule has 3 heteroatoms. The highest BCUT2D eigenvalue weighted by Gasteiger charge is 2.33. The summed E-state index contributed by atoms with van der Waals surface area (Å²) in [6.07, 6.45) is 5.20. The van der Waals surface area contributed by atoms with Gasteiger partial charge in [-0.05, 0) is 25.7 Å². The molecule has 3 nitrogen and oxygen atoms in total. The Morgan fingerprint density at radius 1 is 1.35 bits per heavy atom. The summed E-state index contributed by atoms with van der Waals surface area (Å²) < 4.78 is 0. The molecule has 1 N–H and O–H groups in total. The first-order chi connectivity index (χ1) is 9.77. The molecule has 1 aliphatic carbocycles. The minimum atomic E-state index is -0.0470. The van der Waals surface area contributed by atoms with E-state index in [0.29, 0.717) is 6.04 Å². The van der Waals surface area contributed by atoms with Crippen LogP contribution < -0.4 is 0 Å². The van der Waals surface area contributed by atoms with E-state index in [1.807, 2.05) is 30.3 Å². The number of ketones is 1. The van der Waals surface area contributed by atoms with Crippen LogP contribution in [0.25, 0.3) is 0 Å². The summed E-state index contributed by atoms with van der Waals surface area (Å²) >= 11 is 0. The summed E-state index contributed by atoms with van der Waals surface area (Å²) in [6.45, 7) is 3.09. The SMILES string of the molecule is CCC(C(=O)c1ccccc1)N(CCCO)C1CCC1. The smallest absolute Gasteiger partial charge is 0.179 e. The number of benzene rings is 1. The van der Waals surface area contributed by atoms with Crippen LogP contribution in [0.3, 0.4) is 0 Å². The zero-order valence-electron chi connectivity index (χ0n) is 12.3. The Bertz CT molecular complexity index is 414. The molecule has 110 valence electrons. The van der Waals surface area contributed by atoms with Crippen LogP contribution in [0.4, 0.5) is 0 Å². The maximum Gasteiger partial charge on any atom is 0.179 e. The predicted octanol–water partition coefficient (Wildman–Crippen LogP) is 2.88. The highest BCUT2D eigenvalue weighted by molar-refractivity contribution is 6.00. The van der Waals surface area contributed by atoms with E-state index in [1.165, 1.54) is 19.3 Å². The van der Waals surface area contributed by atoms with E-state index in [1.54, 1.807) is 0 Å². The molecule has 0 heterocycles. The molecule has 0 saturated heterocycles. The molecule has 0 radical (unpaired) electrons. The lowest BCUT2D eigenvalue weighted by molar-refractivity contribution is 0.0530. The van der Waals surface area contributed by atoms with Gasteiger partial charge < -0.3 is 5.11 Å². The van der Waals surface area contributed by atoms with Gasteiger partial charge in [0.2, 0.25) is 0 Å². The fraction of sp³-hybridized carbons (Fsp3) is 0.588. The maximum absolute atomic E-state index is 12.7. The van der Waals surface area contributed by atoms with Crippen LogP contribution in [0.15, 0.2) is 30.3 Å². The van der Waals surface area contributed by atoms with Crippen molar-refractivity contribution in [1.82, 2.24) is 4.90 Å². The second kappa shape index (κ2) is 7.55. The number of aliphatic hydroxyl groups is 1. The van der Waals surface area contributed by atoms with Crippen LogP contribution in [0.2, 0.25) is 0 Å². The van der Waals surface area contributed by atoms with E-state index in [2.05, 4.69) is 11.8 Å².